The van der Waals surface area contributed by atoms with Gasteiger partial charge in [-0.15, -0.1) is 0 Å². The fourth-order valence-corrected chi connectivity index (χ4v) is 5.54. The lowest BCUT2D eigenvalue weighted by molar-refractivity contribution is -0.130. The smallest absolute Gasteiger partial charge is 0.266 e. The van der Waals surface area contributed by atoms with E-state index in [9.17, 15) is 4.79 Å². The topological polar surface area (TPSA) is 92.2 Å². The number of aliphatic imine (C=N–C) groups is 1. The van der Waals surface area contributed by atoms with Crippen LogP contribution in [0.5, 0.6) is 5.75 Å². The zero-order valence-corrected chi connectivity index (χ0v) is 25.1. The first kappa shape index (κ1) is 29.8. The van der Waals surface area contributed by atoms with Crippen LogP contribution in [0.3, 0.4) is 0 Å². The van der Waals surface area contributed by atoms with E-state index in [0.717, 1.165) is 26.7 Å². The van der Waals surface area contributed by atoms with Crippen LogP contribution in [-0.4, -0.2) is 35.7 Å². The Hall–Kier alpha value is -3.69. The molecule has 5 rings (SSSR count). The number of carbonyl (C=O) groups is 1. The average molecular weight is 649 g/mol. The van der Waals surface area contributed by atoms with Gasteiger partial charge in [0.05, 0.1) is 6.61 Å². The Morgan fingerprint density at radius 1 is 0.976 bits per heavy atom. The quantitative estimate of drug-likeness (QED) is 0.126. The molecule has 0 unspecified atom stereocenters. The van der Waals surface area contributed by atoms with Gasteiger partial charge in [-0.25, -0.2) is 10.4 Å². The van der Waals surface area contributed by atoms with E-state index in [2.05, 4.69) is 26.8 Å². The Kier molecular flexibility index (Phi) is 9.92. The first-order chi connectivity index (χ1) is 20.5. The molecule has 1 aliphatic heterocycles. The molecule has 1 aliphatic rings. The van der Waals surface area contributed by atoms with E-state index < -0.39 is 11.6 Å². The van der Waals surface area contributed by atoms with Crippen LogP contribution in [0.15, 0.2) is 113 Å². The van der Waals surface area contributed by atoms with Crippen LogP contribution in [0.2, 0.25) is 5.02 Å². The van der Waals surface area contributed by atoms with Crippen molar-refractivity contribution in [2.75, 3.05) is 13.2 Å². The lowest BCUT2D eigenvalue weighted by Gasteiger charge is -2.31. The third-order valence-electron chi connectivity index (χ3n) is 6.92. The number of ether oxygens (including phenoxy) is 2. The number of carbonyl (C=O) groups excluding carboxylic acids is 1. The molecule has 4 aromatic rings. The van der Waals surface area contributed by atoms with Crippen LogP contribution < -0.4 is 15.6 Å². The van der Waals surface area contributed by atoms with Gasteiger partial charge in [-0.05, 0) is 53.6 Å². The van der Waals surface area contributed by atoms with E-state index in [4.69, 9.17) is 31.2 Å². The second kappa shape index (κ2) is 14.0. The Morgan fingerprint density at radius 3 is 2.45 bits per heavy atom. The zero-order valence-electron chi connectivity index (χ0n) is 22.8. The van der Waals surface area contributed by atoms with Crippen LogP contribution in [0.1, 0.15) is 34.8 Å². The van der Waals surface area contributed by atoms with Crippen LogP contribution in [-0.2, 0) is 22.5 Å². The summed E-state index contributed by atoms with van der Waals surface area (Å²) in [5, 5.41) is 9.66. The summed E-state index contributed by atoms with van der Waals surface area (Å²) < 4.78 is 13.1. The monoisotopic (exact) mass is 647 g/mol. The van der Waals surface area contributed by atoms with Gasteiger partial charge in [-0.2, -0.15) is 0 Å². The molecule has 0 radical (unpaired) electrons. The number of aliphatic hydroxyl groups is 1. The lowest BCUT2D eigenvalue weighted by atomic mass is 9.82. The van der Waals surface area contributed by atoms with Gasteiger partial charge in [-0.3, -0.25) is 10.2 Å². The molecule has 0 saturated carbocycles. The van der Waals surface area contributed by atoms with Crippen molar-refractivity contribution < 1.29 is 19.4 Å². The first-order valence-corrected chi connectivity index (χ1v) is 14.8. The third kappa shape index (κ3) is 7.02. The van der Waals surface area contributed by atoms with Gasteiger partial charge in [-0.1, -0.05) is 88.2 Å². The van der Waals surface area contributed by atoms with Crippen molar-refractivity contribution in [1.29, 1.82) is 0 Å². The summed E-state index contributed by atoms with van der Waals surface area (Å²) in [6, 6.07) is 32.3. The molecule has 2 atom stereocenters. The van der Waals surface area contributed by atoms with Gasteiger partial charge in [0.15, 0.2) is 11.6 Å². The molecule has 3 N–H and O–H groups in total. The molecular formula is C33H31BrClN3O4. The van der Waals surface area contributed by atoms with Crippen molar-refractivity contribution in [2.24, 2.45) is 4.99 Å². The standard InChI is InChI=1S/C33H31BrClN3O4/c34-29-13-5-4-12-28(29)30-33(21-23-8-2-1-3-9-23,32(40)38-36-22-24-10-6-11-26(35)20-24)37-31(42-30)25-14-16-27(17-15-25)41-19-7-18-39/h1-6,8-17,20,30,36,39H,7,18-19,21-22H2,(H,38,40)/t30-,33-/m0/s1. The second-order valence-electron chi connectivity index (χ2n) is 9.91. The summed E-state index contributed by atoms with van der Waals surface area (Å²) in [5.41, 5.74) is 8.03. The molecule has 42 heavy (non-hydrogen) atoms. The molecule has 0 bridgehead atoms. The van der Waals surface area contributed by atoms with Crippen LogP contribution in [0.4, 0.5) is 0 Å². The van der Waals surface area contributed by atoms with Crippen molar-refractivity contribution >= 4 is 39.3 Å². The molecule has 9 heteroatoms. The molecule has 0 fully saturated rings. The SMILES string of the molecule is O=C(NNCc1cccc(Cl)c1)[C@@]1(Cc2ccccc2)N=C(c2ccc(OCCCO)cc2)O[C@H]1c1ccccc1Br. The summed E-state index contributed by atoms with van der Waals surface area (Å²) in [6.45, 7) is 0.862. The number of nitrogens with zero attached hydrogens (tertiary/aromatic N) is 1. The van der Waals surface area contributed by atoms with Gasteiger partial charge in [0.2, 0.25) is 5.90 Å². The minimum absolute atomic E-state index is 0.0681. The zero-order chi connectivity index (χ0) is 29.4. The Labute approximate surface area is 258 Å². The second-order valence-corrected chi connectivity index (χ2v) is 11.2. The average Bonchev–Trinajstić information content (AvgIpc) is 3.38. The van der Waals surface area contributed by atoms with E-state index >= 15 is 0 Å². The number of hydrogen-bond donors (Lipinski definition) is 3. The number of nitrogens with one attached hydrogen (secondary N) is 2. The Balaban J connectivity index is 1.51. The predicted octanol–water partition coefficient (Wildman–Crippen LogP) is 6.18. The number of benzene rings is 4. The summed E-state index contributed by atoms with van der Waals surface area (Å²) in [5.74, 6) is 0.707. The predicted molar refractivity (Wildman–Crippen MR) is 167 cm³/mol. The van der Waals surface area contributed by atoms with Gasteiger partial charge in [0, 0.05) is 46.6 Å². The van der Waals surface area contributed by atoms with E-state index in [1.54, 1.807) is 6.07 Å². The summed E-state index contributed by atoms with van der Waals surface area (Å²) in [7, 11) is 0. The lowest BCUT2D eigenvalue weighted by Crippen LogP contribution is -2.53. The summed E-state index contributed by atoms with van der Waals surface area (Å²) >= 11 is 9.82. The number of halogens is 2. The molecule has 7 nitrogen and oxygen atoms in total. The molecule has 1 heterocycles. The minimum Gasteiger partial charge on any atom is -0.494 e. The van der Waals surface area contributed by atoms with Crippen LogP contribution in [0, 0.1) is 0 Å². The molecule has 0 aromatic heterocycles. The number of hydrogen-bond acceptors (Lipinski definition) is 6. The van der Waals surface area contributed by atoms with Crippen molar-refractivity contribution in [2.45, 2.75) is 31.0 Å². The van der Waals surface area contributed by atoms with E-state index in [-0.39, 0.29) is 12.5 Å². The van der Waals surface area contributed by atoms with E-state index in [0.29, 0.717) is 42.7 Å². The largest absolute Gasteiger partial charge is 0.494 e. The highest BCUT2D eigenvalue weighted by Crippen LogP contribution is 2.44. The molecule has 0 saturated heterocycles. The number of rotatable bonds is 12. The molecule has 1 amide bonds. The Morgan fingerprint density at radius 2 is 1.71 bits per heavy atom. The fourth-order valence-electron chi connectivity index (χ4n) is 4.84. The van der Waals surface area contributed by atoms with Crippen LogP contribution >= 0.6 is 27.5 Å². The maximum Gasteiger partial charge on any atom is 0.266 e. The highest BCUT2D eigenvalue weighted by molar-refractivity contribution is 9.10. The van der Waals surface area contributed by atoms with Crippen molar-refractivity contribution in [3.05, 3.63) is 135 Å². The highest BCUT2D eigenvalue weighted by Gasteiger charge is 2.53. The third-order valence-corrected chi connectivity index (χ3v) is 7.87. The van der Waals surface area contributed by atoms with Gasteiger partial charge >= 0.3 is 0 Å². The summed E-state index contributed by atoms with van der Waals surface area (Å²) in [4.78, 5) is 19.3. The van der Waals surface area contributed by atoms with Crippen molar-refractivity contribution in [3.8, 4) is 5.75 Å². The number of aliphatic hydroxyl groups excluding tert-OH is 1. The summed E-state index contributed by atoms with van der Waals surface area (Å²) in [6.07, 6.45) is 0.126. The van der Waals surface area contributed by atoms with Crippen LogP contribution in [0.25, 0.3) is 0 Å². The first-order valence-electron chi connectivity index (χ1n) is 13.7. The maximum absolute atomic E-state index is 14.3. The van der Waals surface area contributed by atoms with Gasteiger partial charge < -0.3 is 14.6 Å². The maximum atomic E-state index is 14.3. The molecule has 0 spiro atoms. The fraction of sp³-hybridized carbons (Fsp3) is 0.212. The van der Waals surface area contributed by atoms with Gasteiger partial charge in [0.1, 0.15) is 5.75 Å². The molecular weight excluding hydrogens is 618 g/mol. The molecule has 0 aliphatic carbocycles. The number of hydrazine groups is 1. The van der Waals surface area contributed by atoms with E-state index in [1.165, 1.54) is 0 Å². The minimum atomic E-state index is -1.34. The van der Waals surface area contributed by atoms with Gasteiger partial charge in [0.25, 0.3) is 5.91 Å². The van der Waals surface area contributed by atoms with Crippen molar-refractivity contribution in [3.63, 3.8) is 0 Å². The Bertz CT molecular complexity index is 1530. The number of amides is 1. The molecule has 4 aromatic carbocycles. The molecule has 216 valence electrons. The van der Waals surface area contributed by atoms with E-state index in [1.807, 2.05) is 97.1 Å². The van der Waals surface area contributed by atoms with Crippen molar-refractivity contribution in [1.82, 2.24) is 10.9 Å². The normalized spacial score (nSPS) is 17.8. The highest BCUT2D eigenvalue weighted by atomic mass is 79.9.